The van der Waals surface area contributed by atoms with Crippen molar-refractivity contribution in [1.29, 1.82) is 0 Å². The number of nitrogens with zero attached hydrogens (tertiary/aromatic N) is 1. The van der Waals surface area contributed by atoms with Gasteiger partial charge in [-0.1, -0.05) is 24.0 Å². The molecule has 1 aliphatic heterocycles. The van der Waals surface area contributed by atoms with E-state index in [1.165, 1.54) is 16.7 Å². The third kappa shape index (κ3) is 4.72. The Kier molecular flexibility index (Phi) is 7.36. The van der Waals surface area contributed by atoms with Gasteiger partial charge in [0.15, 0.2) is 0 Å². The van der Waals surface area contributed by atoms with Crippen LogP contribution in [0.3, 0.4) is 0 Å². The van der Waals surface area contributed by atoms with Crippen molar-refractivity contribution in [2.24, 2.45) is 0 Å². The Balaban J connectivity index is 2.32. The van der Waals surface area contributed by atoms with E-state index in [4.69, 9.17) is 21.7 Å². The fourth-order valence-electron chi connectivity index (χ4n) is 2.41. The maximum atomic E-state index is 12.8. The lowest BCUT2D eigenvalue weighted by Crippen LogP contribution is -2.44. The molecule has 0 bridgehead atoms. The normalized spacial score (nSPS) is 16.9. The number of thioether (sulfide) groups is 2. The third-order valence-corrected chi connectivity index (χ3v) is 5.66. The summed E-state index contributed by atoms with van der Waals surface area (Å²) < 4.78 is 10.7. The van der Waals surface area contributed by atoms with Crippen LogP contribution in [-0.2, 0) is 9.59 Å². The van der Waals surface area contributed by atoms with Crippen LogP contribution in [0.5, 0.6) is 11.5 Å². The van der Waals surface area contributed by atoms with Crippen LogP contribution >= 0.6 is 35.7 Å². The second-order valence-electron chi connectivity index (χ2n) is 5.33. The lowest BCUT2D eigenvalue weighted by atomic mass is 10.1. The monoisotopic (exact) mass is 413 g/mol. The number of methoxy groups -OCH3 is 2. The number of hydrogen-bond donors (Lipinski definition) is 1. The minimum atomic E-state index is -1.06. The van der Waals surface area contributed by atoms with Crippen LogP contribution in [0.4, 0.5) is 0 Å². The lowest BCUT2D eigenvalue weighted by Gasteiger charge is -2.22. The molecule has 1 saturated heterocycles. The van der Waals surface area contributed by atoms with Gasteiger partial charge >= 0.3 is 5.97 Å². The number of carbonyl (C=O) groups is 2. The van der Waals surface area contributed by atoms with E-state index in [0.717, 1.165) is 11.8 Å². The Hall–Kier alpha value is -1.71. The van der Waals surface area contributed by atoms with Crippen LogP contribution in [0, 0.1) is 0 Å². The first kappa shape index (κ1) is 20.6. The number of rotatable bonds is 8. The van der Waals surface area contributed by atoms with Gasteiger partial charge in [-0.25, -0.2) is 4.79 Å². The van der Waals surface area contributed by atoms with Gasteiger partial charge < -0.3 is 14.6 Å². The molecule has 0 unspecified atom stereocenters. The Morgan fingerprint density at radius 2 is 1.96 bits per heavy atom. The van der Waals surface area contributed by atoms with E-state index in [1.807, 2.05) is 6.26 Å². The average molecular weight is 414 g/mol. The van der Waals surface area contributed by atoms with Gasteiger partial charge in [0.25, 0.3) is 5.91 Å². The molecule has 1 amide bonds. The maximum absolute atomic E-state index is 12.8. The fourth-order valence-corrected chi connectivity index (χ4v) is 4.22. The van der Waals surface area contributed by atoms with Gasteiger partial charge in [-0.2, -0.15) is 11.8 Å². The van der Waals surface area contributed by atoms with Crippen molar-refractivity contribution < 1.29 is 24.2 Å². The first-order valence-electron chi connectivity index (χ1n) is 7.63. The SMILES string of the molecule is COc1cc(/C=C2\SC(=S)N([C@@H](CCSC)C(=O)O)C2=O)cc(OC)c1. The Labute approximate surface area is 165 Å². The number of amides is 1. The summed E-state index contributed by atoms with van der Waals surface area (Å²) in [7, 11) is 3.09. The predicted molar refractivity (Wildman–Crippen MR) is 109 cm³/mol. The van der Waals surface area contributed by atoms with E-state index in [-0.39, 0.29) is 4.32 Å². The van der Waals surface area contributed by atoms with Crippen LogP contribution in [-0.4, -0.2) is 58.5 Å². The molecule has 1 aliphatic rings. The van der Waals surface area contributed by atoms with Crippen molar-refractivity contribution in [1.82, 2.24) is 4.90 Å². The first-order valence-corrected chi connectivity index (χ1v) is 10.2. The summed E-state index contributed by atoms with van der Waals surface area (Å²) in [4.78, 5) is 25.9. The summed E-state index contributed by atoms with van der Waals surface area (Å²) in [6.07, 6.45) is 3.89. The largest absolute Gasteiger partial charge is 0.497 e. The van der Waals surface area contributed by atoms with E-state index < -0.39 is 17.9 Å². The summed E-state index contributed by atoms with van der Waals surface area (Å²) in [6.45, 7) is 0. The number of benzene rings is 1. The van der Waals surface area contributed by atoms with Gasteiger partial charge in [0.2, 0.25) is 0 Å². The van der Waals surface area contributed by atoms with Crippen molar-refractivity contribution in [2.75, 3.05) is 26.2 Å². The molecule has 140 valence electrons. The molecule has 1 fully saturated rings. The van der Waals surface area contributed by atoms with E-state index in [0.29, 0.717) is 34.1 Å². The number of hydrogen-bond acceptors (Lipinski definition) is 7. The number of ether oxygens (including phenoxy) is 2. The van der Waals surface area contributed by atoms with Crippen molar-refractivity contribution >= 4 is 58.0 Å². The number of carboxylic acid groups (broad SMARTS) is 1. The molecule has 0 spiro atoms. The molecule has 1 aromatic rings. The minimum absolute atomic E-state index is 0.254. The lowest BCUT2D eigenvalue weighted by molar-refractivity contribution is -0.145. The van der Waals surface area contributed by atoms with Crippen LogP contribution in [0.1, 0.15) is 12.0 Å². The molecule has 0 aliphatic carbocycles. The van der Waals surface area contributed by atoms with E-state index >= 15 is 0 Å². The van der Waals surface area contributed by atoms with Crippen molar-refractivity contribution in [2.45, 2.75) is 12.5 Å². The molecule has 6 nitrogen and oxygen atoms in total. The molecule has 26 heavy (non-hydrogen) atoms. The number of carboxylic acids is 1. The number of aliphatic carboxylic acids is 1. The highest BCUT2D eigenvalue weighted by Gasteiger charge is 2.40. The molecule has 0 aromatic heterocycles. The highest BCUT2D eigenvalue weighted by molar-refractivity contribution is 8.26. The van der Waals surface area contributed by atoms with Gasteiger partial charge in [-0.15, -0.1) is 0 Å². The summed E-state index contributed by atoms with van der Waals surface area (Å²) >= 11 is 7.89. The molecule has 0 radical (unpaired) electrons. The summed E-state index contributed by atoms with van der Waals surface area (Å²) in [5.41, 5.74) is 0.706. The average Bonchev–Trinajstić information content (AvgIpc) is 2.89. The zero-order valence-electron chi connectivity index (χ0n) is 14.6. The van der Waals surface area contributed by atoms with Crippen molar-refractivity contribution in [3.05, 3.63) is 28.7 Å². The molecule has 1 aromatic carbocycles. The van der Waals surface area contributed by atoms with Crippen LogP contribution < -0.4 is 9.47 Å². The third-order valence-electron chi connectivity index (χ3n) is 3.69. The molecule has 0 saturated carbocycles. The molecule has 1 atom stereocenters. The van der Waals surface area contributed by atoms with E-state index in [1.54, 1.807) is 38.5 Å². The van der Waals surface area contributed by atoms with Gasteiger partial charge in [0, 0.05) is 6.07 Å². The Morgan fingerprint density at radius 3 is 2.46 bits per heavy atom. The van der Waals surface area contributed by atoms with Gasteiger partial charge in [0.1, 0.15) is 21.9 Å². The Bertz CT molecular complexity index is 728. The molecular weight excluding hydrogens is 394 g/mol. The van der Waals surface area contributed by atoms with Crippen LogP contribution in [0.15, 0.2) is 23.1 Å². The highest BCUT2D eigenvalue weighted by Crippen LogP contribution is 2.36. The smallest absolute Gasteiger partial charge is 0.326 e. The zero-order chi connectivity index (χ0) is 19.3. The second kappa shape index (κ2) is 9.29. The van der Waals surface area contributed by atoms with E-state index in [2.05, 4.69) is 0 Å². The molecule has 1 N–H and O–H groups in total. The quantitative estimate of drug-likeness (QED) is 0.515. The fraction of sp³-hybridized carbons (Fsp3) is 0.353. The second-order valence-corrected chi connectivity index (χ2v) is 7.99. The molecule has 9 heteroatoms. The molecule has 1 heterocycles. The summed E-state index contributed by atoms with van der Waals surface area (Å²) in [5.74, 6) is 0.360. The number of carbonyl (C=O) groups excluding carboxylic acids is 1. The zero-order valence-corrected chi connectivity index (χ0v) is 17.0. The first-order chi connectivity index (χ1) is 12.4. The standard InChI is InChI=1S/C17H19NO5S3/c1-22-11-6-10(7-12(9-11)23-2)8-14-15(19)18(17(24)26-14)13(16(20)21)4-5-25-3/h6-9,13H,4-5H2,1-3H3,(H,20,21)/b14-8-/t13-/m0/s1. The predicted octanol–water partition coefficient (Wildman–Crippen LogP) is 3.11. The minimum Gasteiger partial charge on any atom is -0.497 e. The van der Waals surface area contributed by atoms with E-state index in [9.17, 15) is 14.7 Å². The van der Waals surface area contributed by atoms with Crippen molar-refractivity contribution in [3.8, 4) is 11.5 Å². The number of thiocarbonyl (C=S) groups is 1. The van der Waals surface area contributed by atoms with Crippen LogP contribution in [0.2, 0.25) is 0 Å². The van der Waals surface area contributed by atoms with Crippen molar-refractivity contribution in [3.63, 3.8) is 0 Å². The maximum Gasteiger partial charge on any atom is 0.326 e. The molecule has 2 rings (SSSR count). The summed E-state index contributed by atoms with van der Waals surface area (Å²) in [5, 5.41) is 9.48. The van der Waals surface area contributed by atoms with Gasteiger partial charge in [0.05, 0.1) is 19.1 Å². The van der Waals surface area contributed by atoms with Gasteiger partial charge in [-0.3, -0.25) is 9.69 Å². The highest BCUT2D eigenvalue weighted by atomic mass is 32.2. The van der Waals surface area contributed by atoms with Crippen LogP contribution in [0.25, 0.3) is 6.08 Å². The van der Waals surface area contributed by atoms with Gasteiger partial charge in [-0.05, 0) is 42.2 Å². The molecular formula is C17H19NO5S3. The summed E-state index contributed by atoms with van der Waals surface area (Å²) in [6, 6.07) is 4.29. The topological polar surface area (TPSA) is 76.1 Å². The Morgan fingerprint density at radius 1 is 1.35 bits per heavy atom.